The second kappa shape index (κ2) is 7.17. The molecule has 0 N–H and O–H groups in total. The summed E-state index contributed by atoms with van der Waals surface area (Å²) < 4.78 is 8.02. The van der Waals surface area contributed by atoms with E-state index in [4.69, 9.17) is 4.74 Å². The average Bonchev–Trinajstić information content (AvgIpc) is 3.29. The number of hydrogen-bond acceptors (Lipinski definition) is 6. The van der Waals surface area contributed by atoms with Crippen molar-refractivity contribution in [3.63, 3.8) is 0 Å². The molecule has 2 atom stereocenters. The molecule has 1 aliphatic rings. The molecule has 1 aliphatic heterocycles. The highest BCUT2D eigenvalue weighted by molar-refractivity contribution is 7.11. The van der Waals surface area contributed by atoms with Gasteiger partial charge in [-0.15, -0.1) is 11.3 Å². The maximum Gasteiger partial charge on any atom is 0.138 e. The highest BCUT2D eigenvalue weighted by atomic mass is 32.1. The van der Waals surface area contributed by atoms with Gasteiger partial charge in [-0.3, -0.25) is 9.69 Å². The van der Waals surface area contributed by atoms with Crippen molar-refractivity contribution < 1.29 is 9.53 Å². The number of aromatic nitrogens is 3. The molecule has 4 heterocycles. The zero-order valence-electron chi connectivity index (χ0n) is 15.0. The Bertz CT molecular complexity index is 919. The first kappa shape index (κ1) is 17.2. The summed E-state index contributed by atoms with van der Waals surface area (Å²) in [5, 5.41) is 5.16. The van der Waals surface area contributed by atoms with E-state index in [9.17, 15) is 4.79 Å². The summed E-state index contributed by atoms with van der Waals surface area (Å²) in [5.41, 5.74) is 1.06. The first-order chi connectivity index (χ1) is 12.6. The number of carbonyl (C=O) groups excluding carboxylic acids is 1. The normalized spacial score (nSPS) is 20.7. The van der Waals surface area contributed by atoms with Crippen LogP contribution >= 0.6 is 11.3 Å². The number of thiazole rings is 1. The third kappa shape index (κ3) is 3.78. The maximum atomic E-state index is 11.2. The Morgan fingerprint density at radius 2 is 2.27 bits per heavy atom. The van der Waals surface area contributed by atoms with Gasteiger partial charge in [-0.2, -0.15) is 5.10 Å². The molecule has 0 amide bonds. The van der Waals surface area contributed by atoms with Crippen LogP contribution in [0.3, 0.4) is 0 Å². The molecule has 0 aliphatic carbocycles. The van der Waals surface area contributed by atoms with Gasteiger partial charge in [0.05, 0.1) is 18.1 Å². The van der Waals surface area contributed by atoms with Gasteiger partial charge >= 0.3 is 0 Å². The van der Waals surface area contributed by atoms with Gasteiger partial charge in [0.25, 0.3) is 0 Å². The van der Waals surface area contributed by atoms with Crippen LogP contribution in [0.1, 0.15) is 30.2 Å². The molecule has 0 aromatic carbocycles. The monoisotopic (exact) mass is 370 g/mol. The van der Waals surface area contributed by atoms with Crippen molar-refractivity contribution in [1.82, 2.24) is 19.5 Å². The van der Waals surface area contributed by atoms with E-state index >= 15 is 0 Å². The quantitative estimate of drug-likeness (QED) is 0.668. The fourth-order valence-electron chi connectivity index (χ4n) is 3.42. The minimum absolute atomic E-state index is 0.156. The number of nitrogens with zero attached hydrogens (tertiary/aromatic N) is 4. The van der Waals surface area contributed by atoms with Crippen molar-refractivity contribution in [2.75, 3.05) is 6.54 Å². The number of likely N-dealkylation sites (tertiary alicyclic amines) is 1. The number of Topliss-reactive ketones (excluding diaryl/α,β-unsaturated/α-hetero) is 1. The van der Waals surface area contributed by atoms with Crippen LogP contribution in [0.25, 0.3) is 5.52 Å². The standard InChI is InChI=1S/C19H22N4O2S/c1-13-7-17(25-16-4-3-15-5-6-21-23(15)11-16)10-22(13)12-18-9-20-19(26-18)8-14(2)24/h3-6,9,11,13,17H,7-8,10,12H2,1-2H3/t13-,17+/m0/s1. The number of hydrogen-bond donors (Lipinski definition) is 0. The lowest BCUT2D eigenvalue weighted by atomic mass is 10.2. The molecular weight excluding hydrogens is 348 g/mol. The van der Waals surface area contributed by atoms with Crippen LogP contribution in [0.15, 0.2) is 36.8 Å². The van der Waals surface area contributed by atoms with Gasteiger partial charge in [-0.05, 0) is 32.0 Å². The summed E-state index contributed by atoms with van der Waals surface area (Å²) in [7, 11) is 0. The lowest BCUT2D eigenvalue weighted by molar-refractivity contribution is -0.116. The molecule has 6 nitrogen and oxygen atoms in total. The smallest absolute Gasteiger partial charge is 0.138 e. The van der Waals surface area contributed by atoms with E-state index in [1.165, 1.54) is 4.88 Å². The van der Waals surface area contributed by atoms with Gasteiger partial charge in [-0.1, -0.05) is 0 Å². The average molecular weight is 370 g/mol. The number of ether oxygens (including phenoxy) is 1. The molecule has 4 rings (SSSR count). The summed E-state index contributed by atoms with van der Waals surface area (Å²) in [6.45, 7) is 5.58. The molecule has 0 saturated carbocycles. The predicted molar refractivity (Wildman–Crippen MR) is 101 cm³/mol. The summed E-state index contributed by atoms with van der Waals surface area (Å²) in [6.07, 6.45) is 7.21. The summed E-state index contributed by atoms with van der Waals surface area (Å²) in [5.74, 6) is 1.00. The van der Waals surface area contributed by atoms with Crippen LogP contribution < -0.4 is 4.74 Å². The summed E-state index contributed by atoms with van der Waals surface area (Å²) >= 11 is 1.63. The second-order valence-electron chi connectivity index (χ2n) is 6.92. The molecule has 7 heteroatoms. The Morgan fingerprint density at radius 3 is 3.12 bits per heavy atom. The Labute approximate surface area is 156 Å². The Hall–Kier alpha value is -2.25. The van der Waals surface area contributed by atoms with Crippen LogP contribution in [0, 0.1) is 0 Å². The van der Waals surface area contributed by atoms with Gasteiger partial charge in [0.15, 0.2) is 0 Å². The van der Waals surface area contributed by atoms with Crippen molar-refractivity contribution in [3.05, 3.63) is 46.7 Å². The molecule has 1 saturated heterocycles. The fraction of sp³-hybridized carbons (Fsp3) is 0.421. The Morgan fingerprint density at radius 1 is 1.38 bits per heavy atom. The molecule has 0 bridgehead atoms. The van der Waals surface area contributed by atoms with E-state index in [2.05, 4.69) is 21.9 Å². The van der Waals surface area contributed by atoms with E-state index in [1.807, 2.05) is 35.1 Å². The van der Waals surface area contributed by atoms with Crippen LogP contribution in [0.5, 0.6) is 5.75 Å². The van der Waals surface area contributed by atoms with Crippen molar-refractivity contribution >= 4 is 22.6 Å². The number of pyridine rings is 1. The van der Waals surface area contributed by atoms with Crippen molar-refractivity contribution in [3.8, 4) is 5.75 Å². The Kier molecular flexibility index (Phi) is 4.74. The zero-order chi connectivity index (χ0) is 18.1. The summed E-state index contributed by atoms with van der Waals surface area (Å²) in [4.78, 5) is 19.2. The third-order valence-corrected chi connectivity index (χ3v) is 5.68. The van der Waals surface area contributed by atoms with Gasteiger partial charge in [0.2, 0.25) is 0 Å². The van der Waals surface area contributed by atoms with E-state index in [0.717, 1.165) is 35.8 Å². The second-order valence-corrected chi connectivity index (χ2v) is 8.12. The largest absolute Gasteiger partial charge is 0.487 e. The molecule has 3 aromatic rings. The van der Waals surface area contributed by atoms with Gasteiger partial charge in [0, 0.05) is 42.8 Å². The molecule has 1 fully saturated rings. The maximum absolute atomic E-state index is 11.2. The summed E-state index contributed by atoms with van der Waals surface area (Å²) in [6, 6.07) is 6.44. The molecule has 136 valence electrons. The van der Waals surface area contributed by atoms with E-state index < -0.39 is 0 Å². The molecule has 3 aromatic heterocycles. The zero-order valence-corrected chi connectivity index (χ0v) is 15.8. The first-order valence-electron chi connectivity index (χ1n) is 8.84. The minimum atomic E-state index is 0.156. The topological polar surface area (TPSA) is 59.7 Å². The van der Waals surface area contributed by atoms with E-state index in [0.29, 0.717) is 12.5 Å². The molecule has 0 radical (unpaired) electrons. The van der Waals surface area contributed by atoms with Crippen LogP contribution in [0.4, 0.5) is 0 Å². The molecular formula is C19H22N4O2S. The molecule has 0 unspecified atom stereocenters. The third-order valence-electron chi connectivity index (χ3n) is 4.70. The van der Waals surface area contributed by atoms with Gasteiger partial charge < -0.3 is 4.74 Å². The van der Waals surface area contributed by atoms with Crippen LogP contribution in [-0.4, -0.2) is 44.0 Å². The highest BCUT2D eigenvalue weighted by Gasteiger charge is 2.30. The van der Waals surface area contributed by atoms with Gasteiger partial charge in [0.1, 0.15) is 22.6 Å². The number of carbonyl (C=O) groups is 1. The number of rotatable bonds is 6. The van der Waals surface area contributed by atoms with Crippen molar-refractivity contribution in [2.45, 2.75) is 45.4 Å². The minimum Gasteiger partial charge on any atom is -0.487 e. The molecule has 26 heavy (non-hydrogen) atoms. The predicted octanol–water partition coefficient (Wildman–Crippen LogP) is 2.96. The fourth-order valence-corrected chi connectivity index (χ4v) is 4.44. The van der Waals surface area contributed by atoms with Gasteiger partial charge in [-0.25, -0.2) is 9.50 Å². The molecule has 0 spiro atoms. The number of fused-ring (bicyclic) bond motifs is 1. The Balaban J connectivity index is 1.37. The van der Waals surface area contributed by atoms with E-state index in [-0.39, 0.29) is 11.9 Å². The van der Waals surface area contributed by atoms with Crippen LogP contribution in [0.2, 0.25) is 0 Å². The highest BCUT2D eigenvalue weighted by Crippen LogP contribution is 2.26. The number of ketones is 1. The lowest BCUT2D eigenvalue weighted by Gasteiger charge is -2.19. The van der Waals surface area contributed by atoms with E-state index in [1.54, 1.807) is 24.5 Å². The first-order valence-corrected chi connectivity index (χ1v) is 9.65. The van der Waals surface area contributed by atoms with Crippen LogP contribution in [-0.2, 0) is 17.8 Å². The van der Waals surface area contributed by atoms with Crippen molar-refractivity contribution in [2.24, 2.45) is 0 Å². The van der Waals surface area contributed by atoms with Crippen molar-refractivity contribution in [1.29, 1.82) is 0 Å². The lowest BCUT2D eigenvalue weighted by Crippen LogP contribution is -2.27. The SMILES string of the molecule is CC(=O)Cc1ncc(CN2C[C@H](Oc3ccc4ccnn4c3)C[C@@H]2C)s1.